The predicted octanol–water partition coefficient (Wildman–Crippen LogP) is 2.35. The molecule has 0 aliphatic carbocycles. The molecule has 0 spiro atoms. The largest absolute Gasteiger partial charge is 0.376 e. The van der Waals surface area contributed by atoms with Gasteiger partial charge in [-0.2, -0.15) is 0 Å². The van der Waals surface area contributed by atoms with Crippen molar-refractivity contribution < 1.29 is 4.74 Å². The smallest absolute Gasteiger partial charge is 0.191 e. The number of hydrogen-bond donors (Lipinski definition) is 2. The molecule has 0 amide bonds. The number of guanidine groups is 1. The number of nitrogens with one attached hydrogen (secondary N) is 2. The second kappa shape index (κ2) is 10.3. The van der Waals surface area contributed by atoms with Gasteiger partial charge in [0.25, 0.3) is 0 Å². The fourth-order valence-electron chi connectivity index (χ4n) is 2.16. The summed E-state index contributed by atoms with van der Waals surface area (Å²) in [5, 5.41) is 9.86. The lowest BCUT2D eigenvalue weighted by molar-refractivity contribution is 0.117. The minimum absolute atomic E-state index is 0. The monoisotopic (exact) mass is 424 g/mol. The first-order valence-electron chi connectivity index (χ1n) is 7.32. The van der Waals surface area contributed by atoms with Crippen LogP contribution in [-0.4, -0.2) is 43.3 Å². The first-order chi connectivity index (χ1) is 9.78. The summed E-state index contributed by atoms with van der Waals surface area (Å²) in [6.45, 7) is 7.45. The maximum Gasteiger partial charge on any atom is 0.191 e. The summed E-state index contributed by atoms with van der Waals surface area (Å²) in [6, 6.07) is 0. The van der Waals surface area contributed by atoms with E-state index in [1.54, 1.807) is 11.3 Å². The number of nitrogens with zero attached hydrogens (tertiary/aromatic N) is 2. The second-order valence-corrected chi connectivity index (χ2v) is 5.95. The Kier molecular flexibility index (Phi) is 9.18. The predicted molar refractivity (Wildman–Crippen MR) is 98.9 cm³/mol. The van der Waals surface area contributed by atoms with Gasteiger partial charge < -0.3 is 15.4 Å². The number of ether oxygens (including phenoxy) is 1. The Bertz CT molecular complexity index is 432. The summed E-state index contributed by atoms with van der Waals surface area (Å²) in [5.74, 6) is 0.870. The number of aryl methyl sites for hydroxylation is 1. The highest BCUT2D eigenvalue weighted by molar-refractivity contribution is 14.0. The highest BCUT2D eigenvalue weighted by Crippen LogP contribution is 2.11. The van der Waals surface area contributed by atoms with Crippen LogP contribution in [0.4, 0.5) is 0 Å². The summed E-state index contributed by atoms with van der Waals surface area (Å²) >= 11 is 1.70. The van der Waals surface area contributed by atoms with Crippen molar-refractivity contribution in [1.29, 1.82) is 0 Å². The minimum Gasteiger partial charge on any atom is -0.376 e. The molecule has 1 aliphatic rings. The zero-order valence-electron chi connectivity index (χ0n) is 12.7. The lowest BCUT2D eigenvalue weighted by atomic mass is 10.2. The Morgan fingerprint density at radius 3 is 3.00 bits per heavy atom. The third-order valence-corrected chi connectivity index (χ3v) is 3.98. The van der Waals surface area contributed by atoms with E-state index in [9.17, 15) is 0 Å². The fourth-order valence-corrected chi connectivity index (χ4v) is 2.80. The van der Waals surface area contributed by atoms with Gasteiger partial charge in [0.1, 0.15) is 0 Å². The van der Waals surface area contributed by atoms with Crippen LogP contribution in [0, 0.1) is 6.92 Å². The molecule has 0 saturated carbocycles. The van der Waals surface area contributed by atoms with Crippen molar-refractivity contribution in [2.75, 3.05) is 26.2 Å². The average Bonchev–Trinajstić information content (AvgIpc) is 3.08. The van der Waals surface area contributed by atoms with Crippen LogP contribution < -0.4 is 10.6 Å². The number of halogens is 1. The van der Waals surface area contributed by atoms with Crippen molar-refractivity contribution in [1.82, 2.24) is 15.6 Å². The molecule has 120 valence electrons. The first kappa shape index (κ1) is 18.6. The maximum atomic E-state index is 5.59. The van der Waals surface area contributed by atoms with Gasteiger partial charge in [-0.05, 0) is 26.7 Å². The van der Waals surface area contributed by atoms with Crippen LogP contribution >= 0.6 is 35.3 Å². The Balaban J connectivity index is 0.00000220. The highest BCUT2D eigenvalue weighted by atomic mass is 127. The number of thiazole rings is 1. The number of aromatic nitrogens is 1. The van der Waals surface area contributed by atoms with Crippen LogP contribution in [-0.2, 0) is 11.2 Å². The first-order valence-corrected chi connectivity index (χ1v) is 8.20. The summed E-state index contributed by atoms with van der Waals surface area (Å²) in [6.07, 6.45) is 3.51. The van der Waals surface area contributed by atoms with E-state index in [4.69, 9.17) is 4.74 Å². The molecule has 5 nitrogen and oxygen atoms in total. The molecule has 1 fully saturated rings. The van der Waals surface area contributed by atoms with Gasteiger partial charge in [0, 0.05) is 31.5 Å². The Hall–Kier alpha value is -0.410. The standard InChI is InChI=1S/C14H24N4OS.HI/c1-3-15-14(17-9-13-5-4-8-19-13)16-7-6-12-10-20-11(2)18-12;/h10,13H,3-9H2,1-2H3,(H2,15,16,17);1H. The number of aliphatic imine (C=N–C) groups is 1. The third-order valence-electron chi connectivity index (χ3n) is 3.16. The van der Waals surface area contributed by atoms with Gasteiger partial charge in [-0.1, -0.05) is 0 Å². The van der Waals surface area contributed by atoms with Crippen molar-refractivity contribution in [3.8, 4) is 0 Å². The van der Waals surface area contributed by atoms with Crippen molar-refractivity contribution in [2.24, 2.45) is 4.99 Å². The van der Waals surface area contributed by atoms with Crippen LogP contribution in [0.5, 0.6) is 0 Å². The molecule has 1 saturated heterocycles. The third kappa shape index (κ3) is 6.92. The Morgan fingerprint density at radius 2 is 2.38 bits per heavy atom. The average molecular weight is 424 g/mol. The van der Waals surface area contributed by atoms with E-state index in [0.717, 1.165) is 62.2 Å². The van der Waals surface area contributed by atoms with Crippen LogP contribution in [0.1, 0.15) is 30.5 Å². The van der Waals surface area contributed by atoms with Gasteiger partial charge >= 0.3 is 0 Å². The second-order valence-electron chi connectivity index (χ2n) is 4.89. The molecule has 0 aromatic carbocycles. The van der Waals surface area contributed by atoms with Gasteiger partial charge in [0.15, 0.2) is 5.96 Å². The fraction of sp³-hybridized carbons (Fsp3) is 0.714. The maximum absolute atomic E-state index is 5.59. The van der Waals surface area contributed by atoms with E-state index in [1.165, 1.54) is 0 Å². The zero-order chi connectivity index (χ0) is 14.2. The normalized spacial score (nSPS) is 18.4. The van der Waals surface area contributed by atoms with E-state index in [-0.39, 0.29) is 24.0 Å². The van der Waals surface area contributed by atoms with Gasteiger partial charge in [-0.3, -0.25) is 4.99 Å². The van der Waals surface area contributed by atoms with Crippen LogP contribution in [0.3, 0.4) is 0 Å². The van der Waals surface area contributed by atoms with Crippen molar-refractivity contribution in [2.45, 2.75) is 39.2 Å². The minimum atomic E-state index is 0. The molecule has 21 heavy (non-hydrogen) atoms. The summed E-state index contributed by atoms with van der Waals surface area (Å²) < 4.78 is 5.59. The van der Waals surface area contributed by atoms with Gasteiger partial charge in [0.2, 0.25) is 0 Å². The van der Waals surface area contributed by atoms with Crippen LogP contribution in [0.2, 0.25) is 0 Å². The highest BCUT2D eigenvalue weighted by Gasteiger charge is 2.14. The summed E-state index contributed by atoms with van der Waals surface area (Å²) in [5.41, 5.74) is 1.15. The lowest BCUT2D eigenvalue weighted by Crippen LogP contribution is -2.39. The quantitative estimate of drug-likeness (QED) is 0.418. The molecule has 2 rings (SSSR count). The Labute approximate surface area is 148 Å². The molecule has 2 heterocycles. The molecule has 2 N–H and O–H groups in total. The summed E-state index contributed by atoms with van der Waals surface area (Å²) in [4.78, 5) is 9.04. The molecular formula is C14H25IN4OS. The Morgan fingerprint density at radius 1 is 1.52 bits per heavy atom. The summed E-state index contributed by atoms with van der Waals surface area (Å²) in [7, 11) is 0. The van der Waals surface area contributed by atoms with Crippen molar-refractivity contribution >= 4 is 41.3 Å². The molecular weight excluding hydrogens is 399 g/mol. The van der Waals surface area contributed by atoms with Crippen LogP contribution in [0.25, 0.3) is 0 Å². The SMILES string of the molecule is CCNC(=NCC1CCCO1)NCCc1csc(C)n1.I. The number of hydrogen-bond acceptors (Lipinski definition) is 4. The molecule has 1 aromatic heterocycles. The number of rotatable bonds is 6. The van der Waals surface area contributed by atoms with Gasteiger partial charge in [-0.25, -0.2) is 4.98 Å². The topological polar surface area (TPSA) is 58.5 Å². The molecule has 0 bridgehead atoms. The van der Waals surface area contributed by atoms with Gasteiger partial charge in [0.05, 0.1) is 23.4 Å². The zero-order valence-corrected chi connectivity index (χ0v) is 15.9. The molecule has 1 aliphatic heterocycles. The molecule has 0 radical (unpaired) electrons. The van der Waals surface area contributed by atoms with Gasteiger partial charge in [-0.15, -0.1) is 35.3 Å². The van der Waals surface area contributed by atoms with E-state index in [0.29, 0.717) is 6.10 Å². The van der Waals surface area contributed by atoms with Crippen molar-refractivity contribution in [3.63, 3.8) is 0 Å². The van der Waals surface area contributed by atoms with E-state index in [1.807, 2.05) is 6.92 Å². The molecule has 1 atom stereocenters. The molecule has 1 aromatic rings. The molecule has 7 heteroatoms. The van der Waals surface area contributed by atoms with E-state index < -0.39 is 0 Å². The van der Waals surface area contributed by atoms with Crippen LogP contribution in [0.15, 0.2) is 10.4 Å². The lowest BCUT2D eigenvalue weighted by Gasteiger charge is -2.12. The molecule has 1 unspecified atom stereocenters. The van der Waals surface area contributed by atoms with E-state index >= 15 is 0 Å². The van der Waals surface area contributed by atoms with Crippen molar-refractivity contribution in [3.05, 3.63) is 16.1 Å². The van der Waals surface area contributed by atoms with E-state index in [2.05, 4.69) is 32.9 Å².